The van der Waals surface area contributed by atoms with Crippen molar-refractivity contribution in [1.82, 2.24) is 0 Å². The van der Waals surface area contributed by atoms with Crippen LogP contribution in [0.4, 0.5) is 5.69 Å². The second kappa shape index (κ2) is 6.86. The molecule has 2 amide bonds. The van der Waals surface area contributed by atoms with Gasteiger partial charge in [-0.3, -0.25) is 9.59 Å². The molecule has 128 valence electrons. The van der Waals surface area contributed by atoms with Gasteiger partial charge in [0, 0.05) is 5.02 Å². The van der Waals surface area contributed by atoms with Gasteiger partial charge in [0.15, 0.2) is 0 Å². The Labute approximate surface area is 154 Å². The maximum Gasteiger partial charge on any atom is 0.338 e. The SMILES string of the molecule is CCCOC(=O)c1ccc2c(c1)C(=O)N(c1cc(Cl)ccc1Cl)C2=O. The number of amides is 2. The van der Waals surface area contributed by atoms with Crippen molar-refractivity contribution in [3.05, 3.63) is 63.1 Å². The second-order valence-corrected chi connectivity index (χ2v) is 6.28. The minimum Gasteiger partial charge on any atom is -0.462 e. The van der Waals surface area contributed by atoms with Crippen LogP contribution in [0.5, 0.6) is 0 Å². The Hall–Kier alpha value is -2.37. The van der Waals surface area contributed by atoms with E-state index in [1.807, 2.05) is 6.92 Å². The van der Waals surface area contributed by atoms with E-state index in [2.05, 4.69) is 0 Å². The number of rotatable bonds is 4. The highest BCUT2D eigenvalue weighted by Gasteiger charge is 2.38. The van der Waals surface area contributed by atoms with Gasteiger partial charge in [-0.2, -0.15) is 0 Å². The average Bonchev–Trinajstić information content (AvgIpc) is 2.85. The predicted octanol–water partition coefficient (Wildman–Crippen LogP) is 4.36. The second-order valence-electron chi connectivity index (χ2n) is 5.44. The van der Waals surface area contributed by atoms with Crippen LogP contribution < -0.4 is 4.90 Å². The Bertz CT molecular complexity index is 895. The summed E-state index contributed by atoms with van der Waals surface area (Å²) in [5, 5.41) is 0.571. The van der Waals surface area contributed by atoms with Gasteiger partial charge >= 0.3 is 5.97 Å². The van der Waals surface area contributed by atoms with E-state index < -0.39 is 17.8 Å². The molecule has 1 aliphatic rings. The van der Waals surface area contributed by atoms with Crippen molar-refractivity contribution in [2.75, 3.05) is 11.5 Å². The predicted molar refractivity (Wildman–Crippen MR) is 94.6 cm³/mol. The summed E-state index contributed by atoms with van der Waals surface area (Å²) in [4.78, 5) is 38.3. The van der Waals surface area contributed by atoms with Crippen LogP contribution in [-0.4, -0.2) is 24.4 Å². The van der Waals surface area contributed by atoms with Gasteiger partial charge in [-0.25, -0.2) is 9.69 Å². The Kier molecular flexibility index (Phi) is 4.79. The molecule has 25 heavy (non-hydrogen) atoms. The number of hydrogen-bond acceptors (Lipinski definition) is 4. The van der Waals surface area contributed by atoms with Gasteiger partial charge in [-0.1, -0.05) is 30.1 Å². The molecule has 0 fully saturated rings. The monoisotopic (exact) mass is 377 g/mol. The van der Waals surface area contributed by atoms with E-state index in [4.69, 9.17) is 27.9 Å². The molecule has 0 aromatic heterocycles. The van der Waals surface area contributed by atoms with Gasteiger partial charge < -0.3 is 4.74 Å². The number of nitrogens with zero attached hydrogens (tertiary/aromatic N) is 1. The van der Waals surface area contributed by atoms with Crippen LogP contribution in [0.2, 0.25) is 10.0 Å². The summed E-state index contributed by atoms with van der Waals surface area (Å²) >= 11 is 12.1. The number of fused-ring (bicyclic) bond motifs is 1. The third kappa shape index (κ3) is 3.13. The fraction of sp³-hybridized carbons (Fsp3) is 0.167. The quantitative estimate of drug-likeness (QED) is 0.586. The molecule has 1 aliphatic heterocycles. The summed E-state index contributed by atoms with van der Waals surface area (Å²) in [7, 11) is 0. The van der Waals surface area contributed by atoms with Crippen LogP contribution in [0.3, 0.4) is 0 Å². The molecule has 0 saturated carbocycles. The van der Waals surface area contributed by atoms with Crippen molar-refractivity contribution in [2.24, 2.45) is 0 Å². The number of esters is 1. The molecule has 0 radical (unpaired) electrons. The molecule has 0 bridgehead atoms. The molecule has 0 N–H and O–H groups in total. The topological polar surface area (TPSA) is 63.7 Å². The maximum absolute atomic E-state index is 12.7. The Morgan fingerprint density at radius 2 is 1.76 bits per heavy atom. The molecular formula is C18H13Cl2NO4. The molecule has 2 aromatic carbocycles. The fourth-order valence-electron chi connectivity index (χ4n) is 2.52. The summed E-state index contributed by atoms with van der Waals surface area (Å²) in [6.45, 7) is 2.16. The highest BCUT2D eigenvalue weighted by Crippen LogP contribution is 2.35. The number of ether oxygens (including phenoxy) is 1. The van der Waals surface area contributed by atoms with E-state index in [1.54, 1.807) is 6.07 Å². The Morgan fingerprint density at radius 3 is 2.48 bits per heavy atom. The summed E-state index contributed by atoms with van der Waals surface area (Å²) in [6.07, 6.45) is 0.690. The Balaban J connectivity index is 1.99. The molecule has 5 nitrogen and oxygen atoms in total. The lowest BCUT2D eigenvalue weighted by Gasteiger charge is -2.15. The lowest BCUT2D eigenvalue weighted by molar-refractivity contribution is 0.0505. The fourth-order valence-corrected chi connectivity index (χ4v) is 2.89. The molecule has 0 spiro atoms. The van der Waals surface area contributed by atoms with Gasteiger partial charge in [0.1, 0.15) is 0 Å². The van der Waals surface area contributed by atoms with E-state index in [0.717, 1.165) is 4.90 Å². The van der Waals surface area contributed by atoms with Crippen molar-refractivity contribution >= 4 is 46.7 Å². The van der Waals surface area contributed by atoms with E-state index in [9.17, 15) is 14.4 Å². The van der Waals surface area contributed by atoms with Gasteiger partial charge in [-0.15, -0.1) is 0 Å². The average molecular weight is 378 g/mol. The van der Waals surface area contributed by atoms with Crippen LogP contribution in [0.1, 0.15) is 44.4 Å². The van der Waals surface area contributed by atoms with Gasteiger partial charge in [-0.05, 0) is 42.8 Å². The zero-order valence-corrected chi connectivity index (χ0v) is 14.7. The number of benzene rings is 2. The van der Waals surface area contributed by atoms with E-state index >= 15 is 0 Å². The summed E-state index contributed by atoms with van der Waals surface area (Å²) in [5.41, 5.74) is 0.753. The third-order valence-electron chi connectivity index (χ3n) is 3.71. The number of anilines is 1. The number of carbonyl (C=O) groups is 3. The van der Waals surface area contributed by atoms with E-state index in [0.29, 0.717) is 11.4 Å². The lowest BCUT2D eigenvalue weighted by atomic mass is 10.1. The minimum atomic E-state index is -0.561. The number of halogens is 2. The first-order chi connectivity index (χ1) is 11.9. The van der Waals surface area contributed by atoms with E-state index in [-0.39, 0.29) is 34.0 Å². The normalized spacial score (nSPS) is 13.2. The standard InChI is InChI=1S/C18H13Cl2NO4/c1-2-7-25-18(24)10-3-5-12-13(8-10)17(23)21(16(12)22)15-9-11(19)4-6-14(15)20/h3-6,8-9H,2,7H2,1H3. The highest BCUT2D eigenvalue weighted by atomic mass is 35.5. The van der Waals surface area contributed by atoms with Crippen molar-refractivity contribution < 1.29 is 19.1 Å². The Morgan fingerprint density at radius 1 is 1.04 bits per heavy atom. The summed E-state index contributed by atoms with van der Waals surface area (Å²) < 4.78 is 5.06. The molecule has 2 aromatic rings. The van der Waals surface area contributed by atoms with Crippen LogP contribution in [0, 0.1) is 0 Å². The molecule has 0 saturated heterocycles. The lowest BCUT2D eigenvalue weighted by Crippen LogP contribution is -2.29. The van der Waals surface area contributed by atoms with Gasteiger partial charge in [0.25, 0.3) is 11.8 Å². The number of imide groups is 1. The first-order valence-electron chi connectivity index (χ1n) is 7.59. The van der Waals surface area contributed by atoms with Crippen LogP contribution in [0.15, 0.2) is 36.4 Å². The number of carbonyl (C=O) groups excluding carboxylic acids is 3. The van der Waals surface area contributed by atoms with Gasteiger partial charge in [0.2, 0.25) is 0 Å². The maximum atomic E-state index is 12.7. The van der Waals surface area contributed by atoms with Crippen molar-refractivity contribution in [1.29, 1.82) is 0 Å². The zero-order chi connectivity index (χ0) is 18.1. The van der Waals surface area contributed by atoms with Crippen molar-refractivity contribution in [3.63, 3.8) is 0 Å². The molecule has 3 rings (SSSR count). The third-order valence-corrected chi connectivity index (χ3v) is 4.26. The van der Waals surface area contributed by atoms with Crippen LogP contribution in [0.25, 0.3) is 0 Å². The van der Waals surface area contributed by atoms with Crippen LogP contribution in [-0.2, 0) is 4.74 Å². The molecule has 0 unspecified atom stereocenters. The smallest absolute Gasteiger partial charge is 0.338 e. The van der Waals surface area contributed by atoms with Crippen LogP contribution >= 0.6 is 23.2 Å². The summed E-state index contributed by atoms with van der Waals surface area (Å²) in [6, 6.07) is 8.79. The molecule has 0 aliphatic carbocycles. The molecular weight excluding hydrogens is 365 g/mol. The number of hydrogen-bond donors (Lipinski definition) is 0. The molecule has 7 heteroatoms. The molecule has 0 atom stereocenters. The largest absolute Gasteiger partial charge is 0.462 e. The zero-order valence-electron chi connectivity index (χ0n) is 13.2. The first kappa shape index (κ1) is 17.5. The van der Waals surface area contributed by atoms with Crippen molar-refractivity contribution in [2.45, 2.75) is 13.3 Å². The first-order valence-corrected chi connectivity index (χ1v) is 8.34. The molecule has 1 heterocycles. The van der Waals surface area contributed by atoms with Crippen molar-refractivity contribution in [3.8, 4) is 0 Å². The van der Waals surface area contributed by atoms with E-state index in [1.165, 1.54) is 30.3 Å². The minimum absolute atomic E-state index is 0.131. The van der Waals surface area contributed by atoms with Gasteiger partial charge in [0.05, 0.1) is 34.0 Å². The highest BCUT2D eigenvalue weighted by molar-refractivity contribution is 6.41. The summed E-state index contributed by atoms with van der Waals surface area (Å²) in [5.74, 6) is -1.61.